The molecule has 1 aromatic rings. The Balaban J connectivity index is 0.00000176. The number of nitrogens with zero attached hydrogens (tertiary/aromatic N) is 1. The maximum absolute atomic E-state index is 13.2. The van der Waals surface area contributed by atoms with Crippen LogP contribution in [-0.4, -0.2) is 31.9 Å². The molecule has 4 nitrogen and oxygen atoms in total. The Morgan fingerprint density at radius 3 is 2.64 bits per heavy atom. The minimum Gasteiger partial charge on any atom is -0.327 e. The van der Waals surface area contributed by atoms with Gasteiger partial charge in [-0.2, -0.15) is 4.31 Å². The van der Waals surface area contributed by atoms with Gasteiger partial charge in [-0.05, 0) is 58.8 Å². The van der Waals surface area contributed by atoms with Crippen LogP contribution in [0.25, 0.3) is 0 Å². The van der Waals surface area contributed by atoms with Crippen LogP contribution in [-0.2, 0) is 10.0 Å². The van der Waals surface area contributed by atoms with Gasteiger partial charge in [0.05, 0.1) is 4.90 Å². The summed E-state index contributed by atoms with van der Waals surface area (Å²) in [6.45, 7) is 0.989. The van der Waals surface area contributed by atoms with Crippen molar-refractivity contribution in [2.24, 2.45) is 17.6 Å². The molecule has 8 heteroatoms. The molecule has 1 saturated carbocycles. The van der Waals surface area contributed by atoms with Crippen LogP contribution >= 0.6 is 28.3 Å². The molecule has 1 aliphatic heterocycles. The third-order valence-corrected chi connectivity index (χ3v) is 7.44. The maximum Gasteiger partial charge on any atom is 0.244 e. The van der Waals surface area contributed by atoms with Gasteiger partial charge in [0.25, 0.3) is 0 Å². The molecule has 0 amide bonds. The molecule has 1 saturated heterocycles. The number of nitrogens with two attached hydrogens (primary N) is 1. The van der Waals surface area contributed by atoms with Crippen LogP contribution in [0.4, 0.5) is 4.39 Å². The maximum atomic E-state index is 13.2. The fraction of sp³-hybridized carbons (Fsp3) is 0.571. The number of halogens is 3. The zero-order valence-electron chi connectivity index (χ0n) is 11.9. The third-order valence-electron chi connectivity index (χ3n) is 4.63. The van der Waals surface area contributed by atoms with Crippen LogP contribution < -0.4 is 5.73 Å². The van der Waals surface area contributed by atoms with E-state index >= 15 is 0 Å². The summed E-state index contributed by atoms with van der Waals surface area (Å²) in [5, 5.41) is 0. The van der Waals surface area contributed by atoms with Crippen LogP contribution in [0.1, 0.15) is 19.3 Å². The minimum absolute atomic E-state index is 0. The van der Waals surface area contributed by atoms with E-state index in [1.165, 1.54) is 22.5 Å². The van der Waals surface area contributed by atoms with Crippen molar-refractivity contribution in [2.75, 3.05) is 13.1 Å². The summed E-state index contributed by atoms with van der Waals surface area (Å²) in [5.74, 6) is 0.133. The smallest absolute Gasteiger partial charge is 0.244 e. The molecule has 1 aliphatic carbocycles. The van der Waals surface area contributed by atoms with E-state index in [1.54, 1.807) is 0 Å². The summed E-state index contributed by atoms with van der Waals surface area (Å²) in [4.78, 5) is 0.121. The SMILES string of the molecule is Cl.NC1CCCC2CN(S(=O)(=O)c3ccc(F)cc3Br)CC12. The lowest BCUT2D eigenvalue weighted by molar-refractivity contribution is 0.260. The summed E-state index contributed by atoms with van der Waals surface area (Å²) in [7, 11) is -3.60. The third kappa shape index (κ3) is 3.19. The van der Waals surface area contributed by atoms with E-state index in [-0.39, 0.29) is 33.7 Å². The zero-order chi connectivity index (χ0) is 15.2. The van der Waals surface area contributed by atoms with Crippen molar-refractivity contribution < 1.29 is 12.8 Å². The Kier molecular flexibility index (Phi) is 5.54. The molecule has 2 aliphatic rings. The molecule has 1 heterocycles. The molecule has 124 valence electrons. The zero-order valence-corrected chi connectivity index (χ0v) is 15.1. The Labute approximate surface area is 144 Å². The van der Waals surface area contributed by atoms with Crippen molar-refractivity contribution in [3.63, 3.8) is 0 Å². The standard InChI is InChI=1S/C14H18BrFN2O2S.ClH/c15-12-6-10(16)4-5-14(12)21(19,20)18-7-9-2-1-3-13(17)11(9)8-18;/h4-6,9,11,13H,1-3,7-8,17H2;1H. The van der Waals surface area contributed by atoms with Gasteiger partial charge in [-0.1, -0.05) is 6.42 Å². The Morgan fingerprint density at radius 2 is 2.00 bits per heavy atom. The van der Waals surface area contributed by atoms with Crippen molar-refractivity contribution in [1.29, 1.82) is 0 Å². The molecule has 3 atom stereocenters. The summed E-state index contributed by atoms with van der Waals surface area (Å²) in [6, 6.07) is 3.76. The molecule has 3 rings (SSSR count). The van der Waals surface area contributed by atoms with Crippen LogP contribution in [0.5, 0.6) is 0 Å². The van der Waals surface area contributed by atoms with Gasteiger partial charge in [-0.3, -0.25) is 0 Å². The monoisotopic (exact) mass is 412 g/mol. The molecule has 22 heavy (non-hydrogen) atoms. The Bertz CT molecular complexity index is 658. The molecule has 0 bridgehead atoms. The second-order valence-electron chi connectivity index (χ2n) is 5.92. The van der Waals surface area contributed by atoms with Gasteiger partial charge >= 0.3 is 0 Å². The molecular formula is C14H19BrClFN2O2S. The Hall–Kier alpha value is -0.210. The first-order chi connectivity index (χ1) is 9.89. The van der Waals surface area contributed by atoms with Gasteiger partial charge in [-0.25, -0.2) is 12.8 Å². The molecule has 0 spiro atoms. The largest absolute Gasteiger partial charge is 0.327 e. The fourth-order valence-corrected chi connectivity index (χ4v) is 6.04. The molecule has 1 aromatic carbocycles. The van der Waals surface area contributed by atoms with E-state index in [0.29, 0.717) is 19.0 Å². The first-order valence-corrected chi connectivity index (χ1v) is 9.33. The van der Waals surface area contributed by atoms with Gasteiger partial charge in [0.1, 0.15) is 5.82 Å². The lowest BCUT2D eigenvalue weighted by atomic mass is 9.78. The van der Waals surface area contributed by atoms with Crippen molar-refractivity contribution in [3.05, 3.63) is 28.5 Å². The van der Waals surface area contributed by atoms with Gasteiger partial charge in [0.2, 0.25) is 10.0 Å². The second kappa shape index (κ2) is 6.73. The average Bonchev–Trinajstić information content (AvgIpc) is 2.84. The topological polar surface area (TPSA) is 63.4 Å². The average molecular weight is 414 g/mol. The van der Waals surface area contributed by atoms with E-state index in [2.05, 4.69) is 15.9 Å². The first kappa shape index (κ1) is 18.1. The normalized spacial score (nSPS) is 29.0. The van der Waals surface area contributed by atoms with Gasteiger partial charge in [-0.15, -0.1) is 12.4 Å². The Morgan fingerprint density at radius 1 is 1.27 bits per heavy atom. The predicted octanol–water partition coefficient (Wildman–Crippen LogP) is 2.76. The number of sulfonamides is 1. The highest BCUT2D eigenvalue weighted by molar-refractivity contribution is 9.10. The molecule has 0 aromatic heterocycles. The number of benzene rings is 1. The highest BCUT2D eigenvalue weighted by Crippen LogP contribution is 2.38. The number of hydrogen-bond donors (Lipinski definition) is 1. The van der Waals surface area contributed by atoms with E-state index in [4.69, 9.17) is 5.73 Å². The lowest BCUT2D eigenvalue weighted by Gasteiger charge is -2.29. The number of fused-ring (bicyclic) bond motifs is 1. The van der Waals surface area contributed by atoms with Crippen LogP contribution in [0.2, 0.25) is 0 Å². The van der Waals surface area contributed by atoms with E-state index < -0.39 is 15.8 Å². The second-order valence-corrected chi connectivity index (χ2v) is 8.68. The number of rotatable bonds is 2. The highest BCUT2D eigenvalue weighted by Gasteiger charge is 2.43. The van der Waals surface area contributed by atoms with Gasteiger partial charge in [0, 0.05) is 23.6 Å². The van der Waals surface area contributed by atoms with E-state index in [9.17, 15) is 12.8 Å². The molecule has 3 unspecified atom stereocenters. The quantitative estimate of drug-likeness (QED) is 0.811. The van der Waals surface area contributed by atoms with Gasteiger partial charge in [0.15, 0.2) is 0 Å². The molecular weight excluding hydrogens is 395 g/mol. The number of hydrogen-bond acceptors (Lipinski definition) is 3. The van der Waals surface area contributed by atoms with Crippen molar-refractivity contribution in [3.8, 4) is 0 Å². The summed E-state index contributed by atoms with van der Waals surface area (Å²) < 4.78 is 40.4. The lowest BCUT2D eigenvalue weighted by Crippen LogP contribution is -2.38. The van der Waals surface area contributed by atoms with E-state index in [0.717, 1.165) is 19.3 Å². The molecule has 2 N–H and O–H groups in total. The van der Waals surface area contributed by atoms with Gasteiger partial charge < -0.3 is 5.73 Å². The van der Waals surface area contributed by atoms with Crippen molar-refractivity contribution in [2.45, 2.75) is 30.2 Å². The van der Waals surface area contributed by atoms with Crippen LogP contribution in [0.15, 0.2) is 27.6 Å². The molecule has 2 fully saturated rings. The van der Waals surface area contributed by atoms with Crippen LogP contribution in [0, 0.1) is 17.7 Å². The predicted molar refractivity (Wildman–Crippen MR) is 88.9 cm³/mol. The summed E-state index contributed by atoms with van der Waals surface area (Å²) in [5.41, 5.74) is 6.13. The van der Waals surface area contributed by atoms with Crippen molar-refractivity contribution >= 4 is 38.4 Å². The highest BCUT2D eigenvalue weighted by atomic mass is 79.9. The molecule has 0 radical (unpaired) electrons. The van der Waals surface area contributed by atoms with Crippen molar-refractivity contribution in [1.82, 2.24) is 4.31 Å². The van der Waals surface area contributed by atoms with E-state index in [1.807, 2.05) is 0 Å². The fourth-order valence-electron chi connectivity index (χ4n) is 3.50. The first-order valence-electron chi connectivity index (χ1n) is 7.10. The minimum atomic E-state index is -3.60. The summed E-state index contributed by atoms with van der Waals surface area (Å²) in [6.07, 6.45) is 3.07. The van der Waals surface area contributed by atoms with Crippen LogP contribution in [0.3, 0.4) is 0 Å². The summed E-state index contributed by atoms with van der Waals surface area (Å²) >= 11 is 3.15.